The van der Waals surface area contributed by atoms with Crippen molar-refractivity contribution in [3.63, 3.8) is 0 Å². The number of aliphatic hydroxyl groups is 1. The summed E-state index contributed by atoms with van der Waals surface area (Å²) in [7, 11) is -3.99. The van der Waals surface area contributed by atoms with E-state index in [9.17, 15) is 36.3 Å². The summed E-state index contributed by atoms with van der Waals surface area (Å²) < 4.78 is 62.6. The van der Waals surface area contributed by atoms with Gasteiger partial charge in [-0.3, -0.25) is 4.79 Å². The minimum Gasteiger partial charge on any atom is -0.388 e. The van der Waals surface area contributed by atoms with Gasteiger partial charge >= 0.3 is 11.9 Å². The molecule has 8 nitrogen and oxygen atoms in total. The minimum absolute atomic E-state index is 0.0215. The zero-order chi connectivity index (χ0) is 19.9. The molecule has 1 aromatic carbocycles. The molecule has 1 heterocycles. The number of alkyl halides is 3. The van der Waals surface area contributed by atoms with E-state index in [4.69, 9.17) is 0 Å². The second-order valence-corrected chi connectivity index (χ2v) is 7.45. The van der Waals surface area contributed by atoms with Gasteiger partial charge in [0.2, 0.25) is 10.0 Å². The second-order valence-electron chi connectivity index (χ2n) is 5.72. The maximum Gasteiger partial charge on any atom is 0.416 e. The fraction of sp³-hybridized carbons (Fsp3) is 0.429. The lowest BCUT2D eigenvalue weighted by molar-refractivity contribution is -0.139. The molecule has 2 aromatic rings. The molecule has 0 fully saturated rings. The lowest BCUT2D eigenvalue weighted by Gasteiger charge is -2.18. The molecule has 0 aliphatic heterocycles. The van der Waals surface area contributed by atoms with Crippen molar-refractivity contribution in [3.05, 3.63) is 44.1 Å². The number of aliphatic hydroxyl groups excluding tert-OH is 1. The van der Waals surface area contributed by atoms with E-state index in [0.717, 1.165) is 6.07 Å². The molecule has 0 bridgehead atoms. The van der Waals surface area contributed by atoms with Gasteiger partial charge in [-0.15, -0.1) is 0 Å². The standard InChI is InChI=1S/C14H16F3N3O5S/c1-3-4-11(21)7-5-8-10(6-9(7)14(15,16)17)18-13(23)20(12(8)22)19-26(2,24)25/h5-6,11,19,21H,3-4H2,1-2H3,(H,18,23). The van der Waals surface area contributed by atoms with Gasteiger partial charge in [0.1, 0.15) is 0 Å². The number of rotatable bonds is 5. The van der Waals surface area contributed by atoms with Crippen LogP contribution in [0.2, 0.25) is 0 Å². The van der Waals surface area contributed by atoms with Crippen LogP contribution in [0.1, 0.15) is 37.0 Å². The van der Waals surface area contributed by atoms with Crippen LogP contribution in [0.4, 0.5) is 13.2 Å². The van der Waals surface area contributed by atoms with E-state index in [-0.39, 0.29) is 16.5 Å². The van der Waals surface area contributed by atoms with E-state index in [0.29, 0.717) is 18.7 Å². The smallest absolute Gasteiger partial charge is 0.388 e. The molecular formula is C14H16F3N3O5S. The number of hydrogen-bond donors (Lipinski definition) is 3. The Bertz CT molecular complexity index is 1060. The van der Waals surface area contributed by atoms with Crippen LogP contribution in [0.25, 0.3) is 10.9 Å². The first kappa shape index (κ1) is 20.0. The van der Waals surface area contributed by atoms with Gasteiger partial charge in [0.15, 0.2) is 0 Å². The Morgan fingerprint density at radius 2 is 1.92 bits per heavy atom. The fourth-order valence-electron chi connectivity index (χ4n) is 2.48. The van der Waals surface area contributed by atoms with Gasteiger partial charge in [0, 0.05) is 0 Å². The lowest BCUT2D eigenvalue weighted by Crippen LogP contribution is -2.43. The van der Waals surface area contributed by atoms with Crippen molar-refractivity contribution in [3.8, 4) is 0 Å². The number of aromatic amines is 1. The Kier molecular flexibility index (Phi) is 5.19. The number of sulfonamides is 1. The minimum atomic E-state index is -4.82. The van der Waals surface area contributed by atoms with Crippen LogP contribution in [-0.4, -0.2) is 29.4 Å². The molecule has 0 radical (unpaired) electrons. The SMILES string of the molecule is CCCC(O)c1cc2c(=O)n(NS(C)(=O)=O)c(=O)[nH]c2cc1C(F)(F)F. The van der Waals surface area contributed by atoms with E-state index in [1.807, 2.05) is 4.98 Å². The largest absolute Gasteiger partial charge is 0.416 e. The predicted octanol–water partition coefficient (Wildman–Crippen LogP) is 1.05. The van der Waals surface area contributed by atoms with Gasteiger partial charge in [-0.1, -0.05) is 13.3 Å². The molecule has 1 atom stereocenters. The maximum atomic E-state index is 13.3. The number of aromatic nitrogens is 2. The molecule has 0 spiro atoms. The van der Waals surface area contributed by atoms with Crippen molar-refractivity contribution in [1.82, 2.24) is 9.66 Å². The Hall–Kier alpha value is -2.34. The summed E-state index contributed by atoms with van der Waals surface area (Å²) in [6, 6.07) is 1.37. The highest BCUT2D eigenvalue weighted by Gasteiger charge is 2.35. The Morgan fingerprint density at radius 3 is 2.42 bits per heavy atom. The van der Waals surface area contributed by atoms with Crippen molar-refractivity contribution < 1.29 is 26.7 Å². The summed E-state index contributed by atoms with van der Waals surface area (Å²) in [6.07, 6.45) is -5.19. The molecular weight excluding hydrogens is 379 g/mol. The molecule has 1 unspecified atom stereocenters. The first-order chi connectivity index (χ1) is 11.8. The van der Waals surface area contributed by atoms with Crippen LogP contribution in [-0.2, 0) is 16.2 Å². The van der Waals surface area contributed by atoms with Gasteiger partial charge < -0.3 is 10.1 Å². The van der Waals surface area contributed by atoms with Crippen molar-refractivity contribution in [2.75, 3.05) is 11.1 Å². The maximum absolute atomic E-state index is 13.3. The highest BCUT2D eigenvalue weighted by atomic mass is 32.2. The second kappa shape index (κ2) is 6.76. The first-order valence-electron chi connectivity index (χ1n) is 7.41. The van der Waals surface area contributed by atoms with Crippen molar-refractivity contribution in [2.24, 2.45) is 0 Å². The number of halogens is 3. The normalized spacial score (nSPS) is 13.8. The zero-order valence-electron chi connectivity index (χ0n) is 13.7. The fourth-order valence-corrected chi connectivity index (χ4v) is 2.98. The Balaban J connectivity index is 2.86. The predicted molar refractivity (Wildman–Crippen MR) is 87.9 cm³/mol. The van der Waals surface area contributed by atoms with Crippen LogP contribution in [0, 0.1) is 0 Å². The third-order valence-corrected chi connectivity index (χ3v) is 4.07. The molecule has 0 aliphatic carbocycles. The van der Waals surface area contributed by atoms with Crippen LogP contribution >= 0.6 is 0 Å². The van der Waals surface area contributed by atoms with E-state index in [2.05, 4.69) is 0 Å². The third kappa shape index (κ3) is 4.07. The molecule has 3 N–H and O–H groups in total. The average molecular weight is 395 g/mol. The summed E-state index contributed by atoms with van der Waals surface area (Å²) >= 11 is 0. The van der Waals surface area contributed by atoms with Gasteiger partial charge in [0.05, 0.1) is 28.8 Å². The molecule has 0 aliphatic rings. The summed E-state index contributed by atoms with van der Waals surface area (Å²) in [6.45, 7) is 1.66. The van der Waals surface area contributed by atoms with Gasteiger partial charge in [-0.2, -0.15) is 17.8 Å². The summed E-state index contributed by atoms with van der Waals surface area (Å²) in [5, 5.41) is 9.66. The lowest BCUT2D eigenvalue weighted by atomic mass is 9.97. The number of nitrogens with one attached hydrogen (secondary N) is 2. The molecule has 144 valence electrons. The van der Waals surface area contributed by atoms with Gasteiger partial charge in [-0.25, -0.2) is 18.0 Å². The Morgan fingerprint density at radius 1 is 1.31 bits per heavy atom. The number of hydrogen-bond acceptors (Lipinski definition) is 5. The monoisotopic (exact) mass is 395 g/mol. The zero-order valence-corrected chi connectivity index (χ0v) is 14.5. The van der Waals surface area contributed by atoms with Crippen molar-refractivity contribution in [1.29, 1.82) is 0 Å². The third-order valence-electron chi connectivity index (χ3n) is 3.55. The van der Waals surface area contributed by atoms with E-state index >= 15 is 0 Å². The van der Waals surface area contributed by atoms with Crippen molar-refractivity contribution in [2.45, 2.75) is 32.0 Å². The quantitative estimate of drug-likeness (QED) is 0.699. The molecule has 12 heteroatoms. The van der Waals surface area contributed by atoms with Crippen molar-refractivity contribution >= 4 is 20.9 Å². The van der Waals surface area contributed by atoms with Gasteiger partial charge in [-0.05, 0) is 24.1 Å². The first-order valence-corrected chi connectivity index (χ1v) is 9.30. The average Bonchev–Trinajstić information content (AvgIpc) is 2.49. The topological polar surface area (TPSA) is 121 Å². The number of benzene rings is 1. The molecule has 0 amide bonds. The molecule has 0 saturated carbocycles. The van der Waals surface area contributed by atoms with Crippen LogP contribution < -0.4 is 16.1 Å². The van der Waals surface area contributed by atoms with Crippen LogP contribution in [0.3, 0.4) is 0 Å². The van der Waals surface area contributed by atoms with E-state index in [1.165, 1.54) is 0 Å². The van der Waals surface area contributed by atoms with E-state index < -0.39 is 50.2 Å². The highest BCUT2D eigenvalue weighted by molar-refractivity contribution is 7.91. The molecule has 1 aromatic heterocycles. The molecule has 26 heavy (non-hydrogen) atoms. The molecule has 2 rings (SSSR count). The summed E-state index contributed by atoms with van der Waals surface area (Å²) in [5.74, 6) is 0. The van der Waals surface area contributed by atoms with Crippen LogP contribution in [0.15, 0.2) is 21.7 Å². The summed E-state index contributed by atoms with van der Waals surface area (Å²) in [4.78, 5) is 27.9. The Labute approximate surface area is 145 Å². The molecule has 0 saturated heterocycles. The number of fused-ring (bicyclic) bond motifs is 1. The number of nitrogens with zero attached hydrogens (tertiary/aromatic N) is 1. The van der Waals surface area contributed by atoms with Gasteiger partial charge in [0.25, 0.3) is 5.56 Å². The number of H-pyrrole nitrogens is 1. The summed E-state index contributed by atoms with van der Waals surface area (Å²) in [5.41, 5.74) is -4.54. The highest BCUT2D eigenvalue weighted by Crippen LogP contribution is 2.37. The van der Waals surface area contributed by atoms with Crippen LogP contribution in [0.5, 0.6) is 0 Å². The van der Waals surface area contributed by atoms with E-state index in [1.54, 1.807) is 11.8 Å².